The normalized spacial score (nSPS) is 10.8. The van der Waals surface area contributed by atoms with Crippen LogP contribution in [0.3, 0.4) is 0 Å². The van der Waals surface area contributed by atoms with E-state index >= 15 is 0 Å². The van der Waals surface area contributed by atoms with Gasteiger partial charge >= 0.3 is 0 Å². The molecule has 0 atom stereocenters. The van der Waals surface area contributed by atoms with Gasteiger partial charge in [-0.25, -0.2) is 4.98 Å². The molecule has 0 aliphatic rings. The zero-order chi connectivity index (χ0) is 14.5. The van der Waals surface area contributed by atoms with E-state index in [2.05, 4.69) is 37.9 Å². The van der Waals surface area contributed by atoms with Gasteiger partial charge < -0.3 is 10.5 Å². The van der Waals surface area contributed by atoms with E-state index in [1.807, 2.05) is 6.07 Å². The first-order valence-electron chi connectivity index (χ1n) is 7.01. The second kappa shape index (κ2) is 6.86. The van der Waals surface area contributed by atoms with Crippen molar-refractivity contribution in [3.8, 4) is 5.75 Å². The number of aryl methyl sites for hydroxylation is 3. The SMILES string of the molecule is CCc1nc(CCOc2ccc(C)cc2C)sc1CN. The van der Waals surface area contributed by atoms with Gasteiger partial charge in [0.1, 0.15) is 5.75 Å². The van der Waals surface area contributed by atoms with Gasteiger partial charge in [-0.05, 0) is 31.9 Å². The molecule has 0 bridgehead atoms. The molecule has 2 rings (SSSR count). The molecule has 1 heterocycles. The van der Waals surface area contributed by atoms with Crippen molar-refractivity contribution in [2.75, 3.05) is 6.61 Å². The third-order valence-corrected chi connectivity index (χ3v) is 4.43. The Morgan fingerprint density at radius 1 is 1.30 bits per heavy atom. The number of thiazole rings is 1. The molecule has 0 saturated carbocycles. The predicted octanol–water partition coefficient (Wildman–Crippen LogP) is 3.40. The van der Waals surface area contributed by atoms with E-state index < -0.39 is 0 Å². The first-order chi connectivity index (χ1) is 9.63. The molecule has 1 aromatic heterocycles. The van der Waals surface area contributed by atoms with Crippen LogP contribution in [0.15, 0.2) is 18.2 Å². The number of nitrogens with two attached hydrogens (primary N) is 1. The summed E-state index contributed by atoms with van der Waals surface area (Å²) in [6.45, 7) is 7.52. The van der Waals surface area contributed by atoms with Crippen LogP contribution in [0, 0.1) is 13.8 Å². The van der Waals surface area contributed by atoms with E-state index in [-0.39, 0.29) is 0 Å². The lowest BCUT2D eigenvalue weighted by Gasteiger charge is -2.08. The zero-order valence-electron chi connectivity index (χ0n) is 12.4. The summed E-state index contributed by atoms with van der Waals surface area (Å²) in [5.41, 5.74) is 9.31. The first-order valence-corrected chi connectivity index (χ1v) is 7.83. The summed E-state index contributed by atoms with van der Waals surface area (Å²) in [5, 5.41) is 1.12. The summed E-state index contributed by atoms with van der Waals surface area (Å²) in [4.78, 5) is 5.83. The molecule has 0 aliphatic carbocycles. The molecule has 0 saturated heterocycles. The van der Waals surface area contributed by atoms with Crippen LogP contribution in [0.5, 0.6) is 5.75 Å². The van der Waals surface area contributed by atoms with Gasteiger partial charge in [-0.2, -0.15) is 0 Å². The Balaban J connectivity index is 1.94. The van der Waals surface area contributed by atoms with Gasteiger partial charge in [0.2, 0.25) is 0 Å². The fourth-order valence-corrected chi connectivity index (χ4v) is 3.21. The topological polar surface area (TPSA) is 48.1 Å². The monoisotopic (exact) mass is 290 g/mol. The van der Waals surface area contributed by atoms with Crippen LogP contribution >= 0.6 is 11.3 Å². The van der Waals surface area contributed by atoms with Crippen molar-refractivity contribution in [2.45, 2.75) is 40.2 Å². The van der Waals surface area contributed by atoms with Gasteiger partial charge in [0.25, 0.3) is 0 Å². The summed E-state index contributed by atoms with van der Waals surface area (Å²) in [6, 6.07) is 6.25. The Morgan fingerprint density at radius 3 is 2.70 bits per heavy atom. The van der Waals surface area contributed by atoms with Crippen molar-refractivity contribution in [1.82, 2.24) is 4.98 Å². The number of hydrogen-bond donors (Lipinski definition) is 1. The minimum Gasteiger partial charge on any atom is -0.493 e. The number of hydrogen-bond acceptors (Lipinski definition) is 4. The molecule has 20 heavy (non-hydrogen) atoms. The Bertz CT molecular complexity index is 556. The standard InChI is InChI=1S/C16H22N2OS/c1-4-13-15(10-17)20-16(18-13)7-8-19-14-6-5-11(2)9-12(14)3/h5-6,9H,4,7-8,10,17H2,1-3H3. The number of benzene rings is 1. The van der Waals surface area contributed by atoms with E-state index in [9.17, 15) is 0 Å². The van der Waals surface area contributed by atoms with Crippen LogP contribution < -0.4 is 10.5 Å². The fraction of sp³-hybridized carbons (Fsp3) is 0.438. The molecule has 2 N–H and O–H groups in total. The highest BCUT2D eigenvalue weighted by Gasteiger charge is 2.08. The summed E-state index contributed by atoms with van der Waals surface area (Å²) in [6.07, 6.45) is 1.78. The molecule has 0 unspecified atom stereocenters. The van der Waals surface area contributed by atoms with Crippen molar-refractivity contribution < 1.29 is 4.74 Å². The molecule has 1 aromatic carbocycles. The van der Waals surface area contributed by atoms with Crippen LogP contribution in [-0.2, 0) is 19.4 Å². The smallest absolute Gasteiger partial charge is 0.122 e. The zero-order valence-corrected chi connectivity index (χ0v) is 13.2. The van der Waals surface area contributed by atoms with Crippen LogP contribution in [0.25, 0.3) is 0 Å². The summed E-state index contributed by atoms with van der Waals surface area (Å²) >= 11 is 1.71. The van der Waals surface area contributed by atoms with Crippen LogP contribution in [0.4, 0.5) is 0 Å². The minimum atomic E-state index is 0.582. The fourth-order valence-electron chi connectivity index (χ4n) is 2.19. The highest BCUT2D eigenvalue weighted by molar-refractivity contribution is 7.11. The lowest BCUT2D eigenvalue weighted by molar-refractivity contribution is 0.319. The molecule has 3 nitrogen and oxygen atoms in total. The van der Waals surface area contributed by atoms with Crippen molar-refractivity contribution in [1.29, 1.82) is 0 Å². The lowest BCUT2D eigenvalue weighted by atomic mass is 10.1. The Kier molecular flexibility index (Phi) is 5.15. The average molecular weight is 290 g/mol. The lowest BCUT2D eigenvalue weighted by Crippen LogP contribution is -2.02. The molecular formula is C16H22N2OS. The van der Waals surface area contributed by atoms with E-state index in [4.69, 9.17) is 10.5 Å². The van der Waals surface area contributed by atoms with Crippen LogP contribution in [-0.4, -0.2) is 11.6 Å². The number of rotatable bonds is 6. The van der Waals surface area contributed by atoms with Gasteiger partial charge in [0, 0.05) is 17.8 Å². The van der Waals surface area contributed by atoms with Crippen molar-refractivity contribution in [3.63, 3.8) is 0 Å². The maximum absolute atomic E-state index is 5.85. The van der Waals surface area contributed by atoms with Crippen LogP contribution in [0.1, 0.15) is 33.6 Å². The van der Waals surface area contributed by atoms with E-state index in [1.54, 1.807) is 11.3 Å². The molecule has 0 fully saturated rings. The number of nitrogens with zero attached hydrogens (tertiary/aromatic N) is 1. The minimum absolute atomic E-state index is 0.582. The van der Waals surface area contributed by atoms with Crippen molar-refractivity contribution in [3.05, 3.63) is 44.9 Å². The van der Waals surface area contributed by atoms with Crippen molar-refractivity contribution >= 4 is 11.3 Å². The molecule has 0 aliphatic heterocycles. The summed E-state index contributed by atoms with van der Waals surface area (Å²) in [7, 11) is 0. The van der Waals surface area contributed by atoms with Gasteiger partial charge in [-0.1, -0.05) is 24.6 Å². The average Bonchev–Trinajstić information content (AvgIpc) is 2.83. The predicted molar refractivity (Wildman–Crippen MR) is 84.5 cm³/mol. The van der Waals surface area contributed by atoms with E-state index in [0.29, 0.717) is 13.2 Å². The van der Waals surface area contributed by atoms with Gasteiger partial charge in [-0.3, -0.25) is 0 Å². The Morgan fingerprint density at radius 2 is 2.10 bits per heavy atom. The van der Waals surface area contributed by atoms with E-state index in [1.165, 1.54) is 16.0 Å². The highest BCUT2D eigenvalue weighted by Crippen LogP contribution is 2.21. The quantitative estimate of drug-likeness (QED) is 0.887. The second-order valence-electron chi connectivity index (χ2n) is 4.90. The van der Waals surface area contributed by atoms with Crippen LogP contribution in [0.2, 0.25) is 0 Å². The molecule has 108 valence electrons. The second-order valence-corrected chi connectivity index (χ2v) is 6.07. The van der Waals surface area contributed by atoms with Crippen molar-refractivity contribution in [2.24, 2.45) is 5.73 Å². The van der Waals surface area contributed by atoms with Gasteiger partial charge in [0.05, 0.1) is 17.3 Å². The first kappa shape index (κ1) is 15.0. The maximum atomic E-state index is 5.85. The molecule has 4 heteroatoms. The number of ether oxygens (including phenoxy) is 1. The Labute approximate surface area is 124 Å². The van der Waals surface area contributed by atoms with E-state index in [0.717, 1.165) is 29.3 Å². The Hall–Kier alpha value is -1.39. The molecule has 2 aromatic rings. The van der Waals surface area contributed by atoms with Gasteiger partial charge in [0.15, 0.2) is 0 Å². The number of aromatic nitrogens is 1. The highest BCUT2D eigenvalue weighted by atomic mass is 32.1. The maximum Gasteiger partial charge on any atom is 0.122 e. The third-order valence-electron chi connectivity index (χ3n) is 3.25. The molecule has 0 amide bonds. The largest absolute Gasteiger partial charge is 0.493 e. The third kappa shape index (κ3) is 3.58. The summed E-state index contributed by atoms with van der Waals surface area (Å²) in [5.74, 6) is 0.960. The molecule has 0 spiro atoms. The molecular weight excluding hydrogens is 268 g/mol. The van der Waals surface area contributed by atoms with Gasteiger partial charge in [-0.15, -0.1) is 11.3 Å². The summed E-state index contributed by atoms with van der Waals surface area (Å²) < 4.78 is 5.85. The molecule has 0 radical (unpaired) electrons.